The van der Waals surface area contributed by atoms with Gasteiger partial charge in [0.25, 0.3) is 0 Å². The van der Waals surface area contributed by atoms with Gasteiger partial charge < -0.3 is 14.7 Å². The van der Waals surface area contributed by atoms with E-state index in [-0.39, 0.29) is 11.8 Å². The minimum absolute atomic E-state index is 0.0473. The van der Waals surface area contributed by atoms with E-state index in [2.05, 4.69) is 34.4 Å². The summed E-state index contributed by atoms with van der Waals surface area (Å²) in [6, 6.07) is 8.13. The van der Waals surface area contributed by atoms with Crippen LogP contribution >= 0.6 is 0 Å². The van der Waals surface area contributed by atoms with Gasteiger partial charge in [-0.1, -0.05) is 12.1 Å². The maximum Gasteiger partial charge on any atom is 0.231 e. The Kier molecular flexibility index (Phi) is 5.11. The van der Waals surface area contributed by atoms with E-state index in [1.165, 1.54) is 18.5 Å². The molecule has 0 spiro atoms. The predicted octanol–water partition coefficient (Wildman–Crippen LogP) is 4.27. The van der Waals surface area contributed by atoms with Gasteiger partial charge in [-0.2, -0.15) is 0 Å². The predicted molar refractivity (Wildman–Crippen MR) is 100 cm³/mol. The summed E-state index contributed by atoms with van der Waals surface area (Å²) in [4.78, 5) is 15.0. The molecule has 1 aliphatic heterocycles. The molecule has 1 saturated heterocycles. The van der Waals surface area contributed by atoms with E-state index >= 15 is 0 Å². The van der Waals surface area contributed by atoms with Crippen LogP contribution in [0.3, 0.4) is 0 Å². The van der Waals surface area contributed by atoms with Crippen LogP contribution in [0.2, 0.25) is 0 Å². The van der Waals surface area contributed by atoms with Crippen LogP contribution in [0.1, 0.15) is 49.6 Å². The molecule has 2 aromatic rings. The highest BCUT2D eigenvalue weighted by molar-refractivity contribution is 5.96. The Hall–Kier alpha value is -2.30. The molecule has 0 aliphatic carbocycles. The summed E-state index contributed by atoms with van der Waals surface area (Å²) in [7, 11) is 0. The topological polar surface area (TPSA) is 58.4 Å². The fourth-order valence-corrected chi connectivity index (χ4v) is 3.51. The number of rotatable bonds is 4. The highest BCUT2D eigenvalue weighted by atomic mass is 16.5. The highest BCUT2D eigenvalue weighted by Crippen LogP contribution is 2.26. The number of aryl methyl sites for hydroxylation is 2. The Labute approximate surface area is 149 Å². The number of anilines is 2. The minimum atomic E-state index is -0.297. The minimum Gasteiger partial charge on any atom is -0.372 e. The third-order valence-corrected chi connectivity index (χ3v) is 5.20. The van der Waals surface area contributed by atoms with Crippen LogP contribution in [-0.2, 0) is 4.79 Å². The Bertz CT molecular complexity index is 708. The lowest BCUT2D eigenvalue weighted by molar-refractivity contribution is -0.117. The van der Waals surface area contributed by atoms with Crippen molar-refractivity contribution in [1.82, 2.24) is 5.16 Å². The first-order valence-electron chi connectivity index (χ1n) is 9.04. The molecular formula is C20H27N3O2. The van der Waals surface area contributed by atoms with Crippen LogP contribution in [0, 0.1) is 19.8 Å². The molecule has 3 rings (SSSR count). The fourth-order valence-electron chi connectivity index (χ4n) is 3.51. The maximum absolute atomic E-state index is 12.5. The molecule has 0 saturated carbocycles. The zero-order valence-corrected chi connectivity index (χ0v) is 15.5. The van der Waals surface area contributed by atoms with E-state index in [9.17, 15) is 4.79 Å². The van der Waals surface area contributed by atoms with Crippen LogP contribution in [-0.4, -0.2) is 24.2 Å². The number of carbonyl (C=O) groups excluding carboxylic acids is 1. The summed E-state index contributed by atoms with van der Waals surface area (Å²) in [5, 5.41) is 6.93. The number of hydrogen-bond donors (Lipinski definition) is 1. The lowest BCUT2D eigenvalue weighted by Crippen LogP contribution is -2.32. The smallest absolute Gasteiger partial charge is 0.231 e. The Morgan fingerprint density at radius 1 is 1.24 bits per heavy atom. The molecule has 25 heavy (non-hydrogen) atoms. The van der Waals surface area contributed by atoms with Gasteiger partial charge in [0.1, 0.15) is 5.76 Å². The summed E-state index contributed by atoms with van der Waals surface area (Å²) < 4.78 is 5.17. The first-order chi connectivity index (χ1) is 12.0. The van der Waals surface area contributed by atoms with Crippen molar-refractivity contribution in [2.24, 2.45) is 5.92 Å². The molecule has 0 radical (unpaired) electrons. The standard InChI is InChI=1S/C20H27N3O2/c1-13-9-11-23(12-10-13)18-7-5-17(6-8-18)21-20(24)14(2)19-15(3)22-25-16(19)4/h5-8,13-14H,9-12H2,1-4H3,(H,21,24). The highest BCUT2D eigenvalue weighted by Gasteiger charge is 2.23. The van der Waals surface area contributed by atoms with Gasteiger partial charge in [-0.15, -0.1) is 0 Å². The van der Waals surface area contributed by atoms with Gasteiger partial charge in [0.05, 0.1) is 11.6 Å². The van der Waals surface area contributed by atoms with Crippen LogP contribution < -0.4 is 10.2 Å². The van der Waals surface area contributed by atoms with Crippen molar-refractivity contribution in [3.8, 4) is 0 Å². The van der Waals surface area contributed by atoms with Crippen molar-refractivity contribution >= 4 is 17.3 Å². The van der Waals surface area contributed by atoms with Crippen LogP contribution in [0.4, 0.5) is 11.4 Å². The van der Waals surface area contributed by atoms with Gasteiger partial charge >= 0.3 is 0 Å². The second kappa shape index (κ2) is 7.30. The normalized spacial score (nSPS) is 16.7. The van der Waals surface area contributed by atoms with E-state index in [0.29, 0.717) is 5.76 Å². The molecule has 1 N–H and O–H groups in total. The summed E-state index contributed by atoms with van der Waals surface area (Å²) in [5.41, 5.74) is 3.69. The molecule has 1 aromatic carbocycles. The zero-order valence-electron chi connectivity index (χ0n) is 15.5. The third-order valence-electron chi connectivity index (χ3n) is 5.20. The van der Waals surface area contributed by atoms with Crippen LogP contribution in [0.5, 0.6) is 0 Å². The molecule has 5 nitrogen and oxygen atoms in total. The third kappa shape index (κ3) is 3.86. The second-order valence-corrected chi connectivity index (χ2v) is 7.17. The van der Waals surface area contributed by atoms with E-state index in [1.54, 1.807) is 0 Å². The summed E-state index contributed by atoms with van der Waals surface area (Å²) in [6.07, 6.45) is 2.49. The molecule has 0 bridgehead atoms. The molecule has 134 valence electrons. The van der Waals surface area contributed by atoms with Gasteiger partial charge in [-0.25, -0.2) is 0 Å². The Morgan fingerprint density at radius 2 is 1.88 bits per heavy atom. The second-order valence-electron chi connectivity index (χ2n) is 7.17. The van der Waals surface area contributed by atoms with Crippen LogP contribution in [0.25, 0.3) is 0 Å². The number of carbonyl (C=O) groups is 1. The molecule has 1 amide bonds. The van der Waals surface area contributed by atoms with Crippen molar-refractivity contribution in [2.45, 2.75) is 46.5 Å². The van der Waals surface area contributed by atoms with Crippen molar-refractivity contribution in [1.29, 1.82) is 0 Å². The number of benzene rings is 1. The first kappa shape index (κ1) is 17.5. The van der Waals surface area contributed by atoms with E-state index in [4.69, 9.17) is 4.52 Å². The average molecular weight is 341 g/mol. The summed E-state index contributed by atoms with van der Waals surface area (Å²) >= 11 is 0. The molecule has 1 aliphatic rings. The average Bonchev–Trinajstić information content (AvgIpc) is 2.94. The number of hydrogen-bond acceptors (Lipinski definition) is 4. The zero-order chi connectivity index (χ0) is 18.0. The first-order valence-corrected chi connectivity index (χ1v) is 9.04. The van der Waals surface area contributed by atoms with Gasteiger partial charge in [0, 0.05) is 30.0 Å². The molecule has 5 heteroatoms. The molecule has 2 heterocycles. The molecule has 1 aromatic heterocycles. The van der Waals surface area contributed by atoms with E-state index < -0.39 is 0 Å². The molecule has 1 unspecified atom stereocenters. The Morgan fingerprint density at radius 3 is 2.44 bits per heavy atom. The van der Waals surface area contributed by atoms with Crippen molar-refractivity contribution in [3.63, 3.8) is 0 Å². The van der Waals surface area contributed by atoms with Gasteiger partial charge in [0.2, 0.25) is 5.91 Å². The van der Waals surface area contributed by atoms with Crippen molar-refractivity contribution in [2.75, 3.05) is 23.3 Å². The number of amides is 1. The number of nitrogens with one attached hydrogen (secondary N) is 1. The lowest BCUT2D eigenvalue weighted by Gasteiger charge is -2.32. The van der Waals surface area contributed by atoms with Crippen molar-refractivity contribution < 1.29 is 9.32 Å². The fraction of sp³-hybridized carbons (Fsp3) is 0.500. The number of nitrogens with zero attached hydrogens (tertiary/aromatic N) is 2. The van der Waals surface area contributed by atoms with Crippen LogP contribution in [0.15, 0.2) is 28.8 Å². The lowest BCUT2D eigenvalue weighted by atomic mass is 9.98. The van der Waals surface area contributed by atoms with E-state index in [1.807, 2.05) is 32.9 Å². The summed E-state index contributed by atoms with van der Waals surface area (Å²) in [5.74, 6) is 1.18. The molecular weight excluding hydrogens is 314 g/mol. The van der Waals surface area contributed by atoms with Gasteiger partial charge in [-0.05, 0) is 63.8 Å². The quantitative estimate of drug-likeness (QED) is 0.902. The SMILES string of the molecule is Cc1noc(C)c1C(C)C(=O)Nc1ccc(N2CCC(C)CC2)cc1. The molecule has 1 atom stereocenters. The largest absolute Gasteiger partial charge is 0.372 e. The van der Waals surface area contributed by atoms with Crippen molar-refractivity contribution in [3.05, 3.63) is 41.3 Å². The number of aromatic nitrogens is 1. The monoisotopic (exact) mass is 341 g/mol. The van der Waals surface area contributed by atoms with E-state index in [0.717, 1.165) is 36.0 Å². The van der Waals surface area contributed by atoms with Gasteiger partial charge in [0.15, 0.2) is 0 Å². The maximum atomic E-state index is 12.5. The number of piperidine rings is 1. The Balaban J connectivity index is 1.64. The molecule has 1 fully saturated rings. The summed E-state index contributed by atoms with van der Waals surface area (Å²) in [6.45, 7) is 10.1. The van der Waals surface area contributed by atoms with Gasteiger partial charge in [-0.3, -0.25) is 4.79 Å².